The Kier molecular flexibility index (Phi) is 1.67. The first-order valence-corrected chi connectivity index (χ1v) is 3.36. The summed E-state index contributed by atoms with van der Waals surface area (Å²) in [5.74, 6) is 4.00. The van der Waals surface area contributed by atoms with Crippen molar-refractivity contribution in [1.29, 1.82) is 0 Å². The van der Waals surface area contributed by atoms with Gasteiger partial charge in [0.15, 0.2) is 0 Å². The normalized spacial score (nSPS) is 8.71. The van der Waals surface area contributed by atoms with E-state index in [2.05, 4.69) is 0 Å². The van der Waals surface area contributed by atoms with Crippen molar-refractivity contribution in [2.45, 2.75) is 0 Å². The molecule has 36 valence electrons. The number of hydrogen-bond acceptors (Lipinski definition) is 0. The molecule has 0 spiro atoms. The Morgan fingerprint density at radius 3 is 2.14 bits per heavy atom. The van der Waals surface area contributed by atoms with Crippen molar-refractivity contribution < 1.29 is 0 Å². The van der Waals surface area contributed by atoms with E-state index in [-0.39, 0.29) is 0 Å². The summed E-state index contributed by atoms with van der Waals surface area (Å²) < 4.78 is 0. The lowest BCUT2D eigenvalue weighted by molar-refractivity contribution is 1.87. The minimum atomic E-state index is 0.818. The molecule has 0 saturated carbocycles. The first-order valence-electron chi connectivity index (χ1n) is 1.95. The van der Waals surface area contributed by atoms with Crippen LogP contribution in [0.5, 0.6) is 0 Å². The van der Waals surface area contributed by atoms with Gasteiger partial charge < -0.3 is 0 Å². The summed E-state index contributed by atoms with van der Waals surface area (Å²) in [4.78, 5) is 0. The van der Waals surface area contributed by atoms with E-state index in [9.17, 15) is 0 Å². The van der Waals surface area contributed by atoms with Gasteiger partial charge in [-0.15, -0.1) is 0 Å². The minimum Gasteiger partial charge on any atom is -0.0843 e. The van der Waals surface area contributed by atoms with Crippen LogP contribution in [0.15, 0.2) is 23.7 Å². The molecule has 7 heavy (non-hydrogen) atoms. The lowest BCUT2D eigenvalue weighted by Gasteiger charge is -1.79. The van der Waals surface area contributed by atoms with Gasteiger partial charge in [-0.2, -0.15) is 0 Å². The highest BCUT2D eigenvalue weighted by molar-refractivity contribution is 7.28. The standard InChI is InChI=1S/C5H4ClP/c6-5-1-3-7-4-2-5/h1-4H. The molecule has 1 heterocycles. The van der Waals surface area contributed by atoms with Crippen LogP contribution in [0.3, 0.4) is 0 Å². The number of rotatable bonds is 0. The van der Waals surface area contributed by atoms with Gasteiger partial charge in [-0.1, -0.05) is 19.8 Å². The van der Waals surface area contributed by atoms with Gasteiger partial charge in [0.1, 0.15) is 0 Å². The molecule has 1 rings (SSSR count). The molecular formula is C5H4ClP. The second-order valence-electron chi connectivity index (χ2n) is 1.17. The fourth-order valence-electron chi connectivity index (χ4n) is 0.334. The highest BCUT2D eigenvalue weighted by Gasteiger charge is 1.75. The van der Waals surface area contributed by atoms with Gasteiger partial charge in [0.05, 0.1) is 0 Å². The highest BCUT2D eigenvalue weighted by Crippen LogP contribution is 2.10. The molecule has 0 aliphatic rings. The SMILES string of the molecule is Clc1ccpcc1. The zero-order chi connectivity index (χ0) is 5.11. The van der Waals surface area contributed by atoms with Crippen LogP contribution < -0.4 is 0 Å². The third kappa shape index (κ3) is 1.46. The van der Waals surface area contributed by atoms with Crippen LogP contribution in [0.2, 0.25) is 5.02 Å². The second kappa shape index (κ2) is 2.30. The molecule has 0 amide bonds. The molecular weight excluding hydrogens is 126 g/mol. The first kappa shape index (κ1) is 5.08. The van der Waals surface area contributed by atoms with E-state index in [1.165, 1.54) is 8.19 Å². The Bertz CT molecular complexity index is 138. The zero-order valence-electron chi connectivity index (χ0n) is 3.63. The zero-order valence-corrected chi connectivity index (χ0v) is 5.28. The van der Waals surface area contributed by atoms with Crippen molar-refractivity contribution in [2.24, 2.45) is 0 Å². The van der Waals surface area contributed by atoms with Crippen LogP contribution in [0.1, 0.15) is 0 Å². The Balaban J connectivity index is 3.02. The Morgan fingerprint density at radius 1 is 1.29 bits per heavy atom. The summed E-state index contributed by atoms with van der Waals surface area (Å²) in [6.07, 6.45) is 0. The van der Waals surface area contributed by atoms with Crippen molar-refractivity contribution in [3.8, 4) is 0 Å². The molecule has 0 atom stereocenters. The van der Waals surface area contributed by atoms with E-state index >= 15 is 0 Å². The quantitative estimate of drug-likeness (QED) is 0.507. The molecule has 0 aromatic carbocycles. The van der Waals surface area contributed by atoms with E-state index in [0.29, 0.717) is 0 Å². The van der Waals surface area contributed by atoms with Crippen LogP contribution in [0.25, 0.3) is 0 Å². The Hall–Kier alpha value is -0.0600. The molecule has 0 aliphatic heterocycles. The first-order chi connectivity index (χ1) is 3.39. The van der Waals surface area contributed by atoms with Crippen molar-refractivity contribution >= 4 is 19.8 Å². The molecule has 0 aliphatic carbocycles. The summed E-state index contributed by atoms with van der Waals surface area (Å²) in [5, 5.41) is 0.818. The monoisotopic (exact) mass is 130 g/mol. The van der Waals surface area contributed by atoms with Crippen molar-refractivity contribution in [2.75, 3.05) is 0 Å². The molecule has 0 radical (unpaired) electrons. The average molecular weight is 131 g/mol. The van der Waals surface area contributed by atoms with Gasteiger partial charge in [-0.05, 0) is 23.7 Å². The van der Waals surface area contributed by atoms with Gasteiger partial charge in [0, 0.05) is 5.02 Å². The van der Waals surface area contributed by atoms with Gasteiger partial charge in [0.25, 0.3) is 0 Å². The molecule has 0 nitrogen and oxygen atoms in total. The molecule has 0 saturated heterocycles. The molecule has 0 unspecified atom stereocenters. The predicted molar refractivity (Wildman–Crippen MR) is 34.0 cm³/mol. The molecule has 2 heteroatoms. The van der Waals surface area contributed by atoms with Crippen molar-refractivity contribution in [3.05, 3.63) is 28.8 Å². The topological polar surface area (TPSA) is 0 Å². The molecule has 0 fully saturated rings. The summed E-state index contributed by atoms with van der Waals surface area (Å²) in [6.45, 7) is 0. The lowest BCUT2D eigenvalue weighted by Crippen LogP contribution is -1.49. The van der Waals surface area contributed by atoms with E-state index < -0.39 is 0 Å². The van der Waals surface area contributed by atoms with Crippen LogP contribution in [0.4, 0.5) is 0 Å². The van der Waals surface area contributed by atoms with Gasteiger partial charge in [0.2, 0.25) is 0 Å². The highest BCUT2D eigenvalue weighted by atomic mass is 35.5. The van der Waals surface area contributed by atoms with Gasteiger partial charge >= 0.3 is 0 Å². The van der Waals surface area contributed by atoms with Gasteiger partial charge in [-0.25, -0.2) is 0 Å². The summed E-state index contributed by atoms with van der Waals surface area (Å²) in [7, 11) is 1.23. The van der Waals surface area contributed by atoms with E-state index in [4.69, 9.17) is 11.6 Å². The maximum Gasteiger partial charge on any atom is 0.0412 e. The average Bonchev–Trinajstić information content (AvgIpc) is 1.69. The number of hydrogen-bond donors (Lipinski definition) is 0. The van der Waals surface area contributed by atoms with Crippen LogP contribution in [-0.2, 0) is 0 Å². The molecule has 1 aromatic heterocycles. The number of halogens is 1. The fraction of sp³-hybridized carbons (Fsp3) is 0. The molecule has 1 aromatic rings. The minimum absolute atomic E-state index is 0.818. The Labute approximate surface area is 49.2 Å². The summed E-state index contributed by atoms with van der Waals surface area (Å²) in [6, 6.07) is 3.78. The van der Waals surface area contributed by atoms with E-state index in [0.717, 1.165) is 5.02 Å². The second-order valence-corrected chi connectivity index (χ2v) is 2.50. The third-order valence-corrected chi connectivity index (χ3v) is 1.53. The third-order valence-electron chi connectivity index (χ3n) is 0.640. The predicted octanol–water partition coefficient (Wildman–Crippen LogP) is 2.92. The largest absolute Gasteiger partial charge is 0.0843 e. The van der Waals surface area contributed by atoms with E-state index in [1.54, 1.807) is 0 Å². The van der Waals surface area contributed by atoms with Gasteiger partial charge in [-0.3, -0.25) is 0 Å². The van der Waals surface area contributed by atoms with Crippen LogP contribution >= 0.6 is 19.8 Å². The van der Waals surface area contributed by atoms with Crippen LogP contribution in [0, 0.1) is 0 Å². The van der Waals surface area contributed by atoms with Crippen molar-refractivity contribution in [1.82, 2.24) is 0 Å². The maximum atomic E-state index is 5.56. The van der Waals surface area contributed by atoms with E-state index in [1.807, 2.05) is 23.7 Å². The maximum absolute atomic E-state index is 5.56. The smallest absolute Gasteiger partial charge is 0.0412 e. The fourth-order valence-corrected chi connectivity index (χ4v) is 1.23. The van der Waals surface area contributed by atoms with Crippen molar-refractivity contribution in [3.63, 3.8) is 0 Å². The summed E-state index contributed by atoms with van der Waals surface area (Å²) >= 11 is 5.56. The van der Waals surface area contributed by atoms with Crippen LogP contribution in [-0.4, -0.2) is 0 Å². The summed E-state index contributed by atoms with van der Waals surface area (Å²) in [5.41, 5.74) is 0. The molecule has 0 N–H and O–H groups in total. The Morgan fingerprint density at radius 2 is 1.86 bits per heavy atom. The molecule has 0 bridgehead atoms. The lowest BCUT2D eigenvalue weighted by atomic mass is 10.6.